The summed E-state index contributed by atoms with van der Waals surface area (Å²) in [6.07, 6.45) is 0.619. The number of benzene rings is 2. The molecule has 2 aromatic carbocycles. The van der Waals surface area contributed by atoms with E-state index < -0.39 is 0 Å². The van der Waals surface area contributed by atoms with Gasteiger partial charge in [-0.3, -0.25) is 14.7 Å². The molecule has 1 aliphatic heterocycles. The molecular weight excluding hydrogens is 390 g/mol. The van der Waals surface area contributed by atoms with Crippen molar-refractivity contribution in [2.45, 2.75) is 46.1 Å². The largest absolute Gasteiger partial charge is 0.483 e. The van der Waals surface area contributed by atoms with Crippen molar-refractivity contribution < 1.29 is 9.53 Å². The fraction of sp³-hybridized carbons (Fsp3) is 0.360. The number of carbonyl (C=O) groups excluding carboxylic acids is 1. The van der Waals surface area contributed by atoms with E-state index in [-0.39, 0.29) is 23.5 Å². The lowest BCUT2D eigenvalue weighted by molar-refractivity contribution is -0.134. The number of aromatic amines is 1. The number of hydrogen-bond donors (Lipinski definition) is 1. The van der Waals surface area contributed by atoms with E-state index in [1.54, 1.807) is 9.58 Å². The van der Waals surface area contributed by atoms with E-state index in [2.05, 4.69) is 38.9 Å². The number of para-hydroxylation sites is 1. The maximum atomic E-state index is 12.9. The molecule has 0 unspecified atom stereocenters. The third-order valence-electron chi connectivity index (χ3n) is 5.71. The minimum absolute atomic E-state index is 0.0429. The molecular formula is C25H29N3O3. The number of fused-ring (bicyclic) bond motifs is 1. The SMILES string of the molecule is Cc1ccc(OCC(=O)N2CCc3[nH]n(-c4ccccc4)c(=O)c3C2)c(C(C)(C)C)c1. The number of aromatic nitrogens is 2. The Hall–Kier alpha value is -3.28. The number of aryl methyl sites for hydroxylation is 1. The van der Waals surface area contributed by atoms with E-state index in [0.717, 1.165) is 28.3 Å². The summed E-state index contributed by atoms with van der Waals surface area (Å²) in [6, 6.07) is 15.5. The van der Waals surface area contributed by atoms with Gasteiger partial charge in [0.2, 0.25) is 0 Å². The minimum atomic E-state index is -0.113. The van der Waals surface area contributed by atoms with Crippen LogP contribution in [0, 0.1) is 6.92 Å². The van der Waals surface area contributed by atoms with Crippen molar-refractivity contribution in [3.8, 4) is 11.4 Å². The Labute approximate surface area is 182 Å². The minimum Gasteiger partial charge on any atom is -0.483 e. The molecule has 0 atom stereocenters. The van der Waals surface area contributed by atoms with Gasteiger partial charge in [0.1, 0.15) is 5.75 Å². The van der Waals surface area contributed by atoms with Crippen LogP contribution in [0.3, 0.4) is 0 Å². The molecule has 0 saturated carbocycles. The van der Waals surface area contributed by atoms with E-state index in [1.165, 1.54) is 0 Å². The van der Waals surface area contributed by atoms with Crippen molar-refractivity contribution in [3.63, 3.8) is 0 Å². The lowest BCUT2D eigenvalue weighted by Gasteiger charge is -2.27. The average Bonchev–Trinajstić information content (AvgIpc) is 3.08. The van der Waals surface area contributed by atoms with Crippen LogP contribution in [0.5, 0.6) is 5.75 Å². The van der Waals surface area contributed by atoms with Crippen LogP contribution in [-0.4, -0.2) is 33.7 Å². The second-order valence-electron chi connectivity index (χ2n) is 9.15. The molecule has 6 nitrogen and oxygen atoms in total. The van der Waals surface area contributed by atoms with E-state index in [1.807, 2.05) is 42.5 Å². The van der Waals surface area contributed by atoms with Crippen molar-refractivity contribution >= 4 is 5.91 Å². The number of rotatable bonds is 4. The molecule has 3 aromatic rings. The highest BCUT2D eigenvalue weighted by Crippen LogP contribution is 2.32. The monoisotopic (exact) mass is 419 g/mol. The first-order chi connectivity index (χ1) is 14.7. The van der Waals surface area contributed by atoms with Crippen molar-refractivity contribution in [2.75, 3.05) is 13.2 Å². The topological polar surface area (TPSA) is 67.3 Å². The number of ether oxygens (including phenoxy) is 1. The van der Waals surface area contributed by atoms with Crippen LogP contribution in [0.1, 0.15) is 43.2 Å². The van der Waals surface area contributed by atoms with E-state index in [0.29, 0.717) is 25.1 Å². The second kappa shape index (κ2) is 8.10. The molecule has 6 heteroatoms. The molecule has 4 rings (SSSR count). The van der Waals surface area contributed by atoms with Gasteiger partial charge >= 0.3 is 0 Å². The number of nitrogens with one attached hydrogen (secondary N) is 1. The molecule has 0 bridgehead atoms. The van der Waals surface area contributed by atoms with E-state index >= 15 is 0 Å². The molecule has 0 spiro atoms. The molecule has 31 heavy (non-hydrogen) atoms. The van der Waals surface area contributed by atoms with Gasteiger partial charge in [-0.05, 0) is 36.1 Å². The van der Waals surface area contributed by atoms with Gasteiger partial charge < -0.3 is 9.64 Å². The number of carbonyl (C=O) groups is 1. The molecule has 0 saturated heterocycles. The highest BCUT2D eigenvalue weighted by Gasteiger charge is 2.27. The molecule has 1 N–H and O–H groups in total. The number of H-pyrrole nitrogens is 1. The first kappa shape index (κ1) is 21.0. The normalized spacial score (nSPS) is 13.7. The van der Waals surface area contributed by atoms with Crippen LogP contribution >= 0.6 is 0 Å². The zero-order valence-corrected chi connectivity index (χ0v) is 18.6. The quantitative estimate of drug-likeness (QED) is 0.701. The average molecular weight is 420 g/mol. The van der Waals surface area contributed by atoms with Gasteiger partial charge in [-0.15, -0.1) is 0 Å². The summed E-state index contributed by atoms with van der Waals surface area (Å²) in [6.45, 7) is 9.26. The Morgan fingerprint density at radius 1 is 1.13 bits per heavy atom. The van der Waals surface area contributed by atoms with Crippen molar-refractivity contribution in [1.29, 1.82) is 0 Å². The molecule has 0 fully saturated rings. The maximum Gasteiger partial charge on any atom is 0.276 e. The Morgan fingerprint density at radius 3 is 2.58 bits per heavy atom. The van der Waals surface area contributed by atoms with Crippen LogP contribution in [0.15, 0.2) is 53.3 Å². The van der Waals surface area contributed by atoms with Gasteiger partial charge in [0.05, 0.1) is 17.8 Å². The Bertz CT molecular complexity index is 1150. The summed E-state index contributed by atoms with van der Waals surface area (Å²) in [5, 5.41) is 3.20. The summed E-state index contributed by atoms with van der Waals surface area (Å²) in [5.74, 6) is 0.621. The van der Waals surface area contributed by atoms with Gasteiger partial charge in [-0.25, -0.2) is 4.68 Å². The van der Waals surface area contributed by atoms with Gasteiger partial charge in [0.15, 0.2) is 6.61 Å². The smallest absolute Gasteiger partial charge is 0.276 e. The lowest BCUT2D eigenvalue weighted by Crippen LogP contribution is -2.40. The first-order valence-corrected chi connectivity index (χ1v) is 10.6. The third kappa shape index (κ3) is 4.29. The van der Waals surface area contributed by atoms with Crippen LogP contribution in [-0.2, 0) is 23.2 Å². The standard InChI is InChI=1S/C25H29N3O3/c1-17-10-11-22(20(14-17)25(2,3)4)31-16-23(29)27-13-12-21-19(15-27)24(30)28(26-21)18-8-6-5-7-9-18/h5-11,14,26H,12-13,15-16H2,1-4H3. The highest BCUT2D eigenvalue weighted by molar-refractivity contribution is 5.78. The van der Waals surface area contributed by atoms with Gasteiger partial charge in [-0.2, -0.15) is 0 Å². The number of amides is 1. The Balaban J connectivity index is 1.48. The molecule has 1 amide bonds. The summed E-state index contributed by atoms with van der Waals surface area (Å²) in [4.78, 5) is 27.5. The summed E-state index contributed by atoms with van der Waals surface area (Å²) in [5.41, 5.74) is 4.39. The van der Waals surface area contributed by atoms with Crippen LogP contribution in [0.4, 0.5) is 0 Å². The Kier molecular flexibility index (Phi) is 5.48. The summed E-state index contributed by atoms with van der Waals surface area (Å²) >= 11 is 0. The van der Waals surface area contributed by atoms with E-state index in [9.17, 15) is 9.59 Å². The molecule has 0 radical (unpaired) electrons. The van der Waals surface area contributed by atoms with Crippen molar-refractivity contribution in [1.82, 2.24) is 14.7 Å². The van der Waals surface area contributed by atoms with E-state index in [4.69, 9.17) is 4.74 Å². The summed E-state index contributed by atoms with van der Waals surface area (Å²) < 4.78 is 7.50. The van der Waals surface area contributed by atoms with Crippen LogP contribution < -0.4 is 10.3 Å². The Morgan fingerprint density at radius 2 is 1.87 bits per heavy atom. The second-order valence-corrected chi connectivity index (χ2v) is 9.15. The highest BCUT2D eigenvalue weighted by atomic mass is 16.5. The van der Waals surface area contributed by atoms with Gasteiger partial charge in [0.25, 0.3) is 11.5 Å². The van der Waals surface area contributed by atoms with Crippen LogP contribution in [0.2, 0.25) is 0 Å². The predicted molar refractivity (Wildman–Crippen MR) is 121 cm³/mol. The molecule has 162 valence electrons. The zero-order valence-electron chi connectivity index (χ0n) is 18.6. The number of nitrogens with zero attached hydrogens (tertiary/aromatic N) is 2. The predicted octanol–water partition coefficient (Wildman–Crippen LogP) is 3.74. The lowest BCUT2D eigenvalue weighted by atomic mass is 9.85. The third-order valence-corrected chi connectivity index (χ3v) is 5.71. The fourth-order valence-electron chi connectivity index (χ4n) is 3.96. The van der Waals surface area contributed by atoms with Crippen molar-refractivity contribution in [2.24, 2.45) is 0 Å². The first-order valence-electron chi connectivity index (χ1n) is 10.6. The molecule has 1 aromatic heterocycles. The molecule has 0 aliphatic carbocycles. The van der Waals surface area contributed by atoms with Crippen molar-refractivity contribution in [3.05, 3.63) is 81.3 Å². The number of hydrogen-bond acceptors (Lipinski definition) is 3. The van der Waals surface area contributed by atoms with Gasteiger partial charge in [0, 0.05) is 18.7 Å². The fourth-order valence-corrected chi connectivity index (χ4v) is 3.96. The zero-order chi connectivity index (χ0) is 22.2. The van der Waals surface area contributed by atoms with Gasteiger partial charge in [-0.1, -0.05) is 56.7 Å². The maximum absolute atomic E-state index is 12.9. The van der Waals surface area contributed by atoms with Crippen LogP contribution in [0.25, 0.3) is 5.69 Å². The molecule has 1 aliphatic rings. The molecule has 2 heterocycles. The summed E-state index contributed by atoms with van der Waals surface area (Å²) in [7, 11) is 0.